The van der Waals surface area contributed by atoms with Crippen molar-refractivity contribution in [2.45, 2.75) is 25.3 Å². The monoisotopic (exact) mass is 429 g/mol. The highest BCUT2D eigenvalue weighted by atomic mass is 32.1. The summed E-state index contributed by atoms with van der Waals surface area (Å²) in [6.45, 7) is 2.10. The molecule has 0 N–H and O–H groups in total. The highest BCUT2D eigenvalue weighted by Crippen LogP contribution is 2.23. The molecule has 0 radical (unpaired) electrons. The minimum Gasteiger partial charge on any atom is -0.337 e. The smallest absolute Gasteiger partial charge is 0.256 e. The van der Waals surface area contributed by atoms with Crippen LogP contribution >= 0.6 is 11.3 Å². The molecule has 158 valence electrons. The Kier molecular flexibility index (Phi) is 6.13. The standard InChI is InChI=1S/C22H24FN3O3S/c23-18-7-2-1-6-17(18)21(28)24-10-12-25(13-11-24)22(29)19-8-3-9-26(19)20(27)15-16-5-4-14-30-16/h1-2,4-7,14,19H,3,8-13,15H2. The zero-order chi connectivity index (χ0) is 21.1. The van der Waals surface area contributed by atoms with Crippen LogP contribution in [0.2, 0.25) is 0 Å². The summed E-state index contributed by atoms with van der Waals surface area (Å²) < 4.78 is 13.9. The van der Waals surface area contributed by atoms with E-state index < -0.39 is 11.9 Å². The number of nitrogens with zero attached hydrogens (tertiary/aromatic N) is 3. The van der Waals surface area contributed by atoms with Gasteiger partial charge in [0.25, 0.3) is 5.91 Å². The number of carbonyl (C=O) groups is 3. The lowest BCUT2D eigenvalue weighted by molar-refractivity contribution is -0.144. The molecule has 2 fully saturated rings. The van der Waals surface area contributed by atoms with E-state index in [0.717, 1.165) is 11.3 Å². The van der Waals surface area contributed by atoms with Crippen molar-refractivity contribution in [3.8, 4) is 0 Å². The molecule has 3 amide bonds. The van der Waals surface area contributed by atoms with Crippen LogP contribution in [-0.2, 0) is 16.0 Å². The Morgan fingerprint density at radius 2 is 1.70 bits per heavy atom. The van der Waals surface area contributed by atoms with Gasteiger partial charge in [-0.2, -0.15) is 0 Å². The van der Waals surface area contributed by atoms with Gasteiger partial charge in [-0.3, -0.25) is 14.4 Å². The van der Waals surface area contributed by atoms with E-state index in [1.54, 1.807) is 38.2 Å². The van der Waals surface area contributed by atoms with Crippen LogP contribution in [0.4, 0.5) is 4.39 Å². The Bertz CT molecular complexity index is 925. The summed E-state index contributed by atoms with van der Waals surface area (Å²) in [7, 11) is 0. The summed E-state index contributed by atoms with van der Waals surface area (Å²) >= 11 is 1.54. The number of likely N-dealkylation sites (tertiary alicyclic amines) is 1. The van der Waals surface area contributed by atoms with Gasteiger partial charge in [0.15, 0.2) is 0 Å². The molecular weight excluding hydrogens is 405 g/mol. The molecule has 0 spiro atoms. The van der Waals surface area contributed by atoms with E-state index in [2.05, 4.69) is 0 Å². The molecule has 3 heterocycles. The molecule has 6 nitrogen and oxygen atoms in total. The molecule has 1 aromatic heterocycles. The topological polar surface area (TPSA) is 60.9 Å². The van der Waals surface area contributed by atoms with Crippen LogP contribution in [0, 0.1) is 5.82 Å². The Morgan fingerprint density at radius 3 is 2.40 bits per heavy atom. The van der Waals surface area contributed by atoms with Crippen LogP contribution in [0.15, 0.2) is 41.8 Å². The van der Waals surface area contributed by atoms with E-state index in [4.69, 9.17) is 0 Å². The van der Waals surface area contributed by atoms with Crippen molar-refractivity contribution in [2.24, 2.45) is 0 Å². The minimum absolute atomic E-state index is 0.0123. The van der Waals surface area contributed by atoms with E-state index in [-0.39, 0.29) is 23.3 Å². The van der Waals surface area contributed by atoms with Gasteiger partial charge in [-0.1, -0.05) is 18.2 Å². The van der Waals surface area contributed by atoms with E-state index in [1.165, 1.54) is 12.1 Å². The molecule has 0 aliphatic carbocycles. The second kappa shape index (κ2) is 8.95. The predicted octanol–water partition coefficient (Wildman–Crippen LogP) is 2.41. The molecule has 30 heavy (non-hydrogen) atoms. The first kappa shape index (κ1) is 20.5. The number of rotatable bonds is 4. The van der Waals surface area contributed by atoms with Gasteiger partial charge in [-0.05, 0) is 36.4 Å². The van der Waals surface area contributed by atoms with Gasteiger partial charge in [-0.15, -0.1) is 11.3 Å². The summed E-state index contributed by atoms with van der Waals surface area (Å²) in [5.74, 6) is -0.952. The van der Waals surface area contributed by atoms with Crippen molar-refractivity contribution in [3.05, 3.63) is 58.0 Å². The zero-order valence-corrected chi connectivity index (χ0v) is 17.4. The third-order valence-corrected chi connectivity index (χ3v) is 6.62. The molecule has 0 bridgehead atoms. The molecule has 4 rings (SSSR count). The van der Waals surface area contributed by atoms with Gasteiger partial charge in [0.1, 0.15) is 11.9 Å². The third-order valence-electron chi connectivity index (χ3n) is 5.75. The Hall–Kier alpha value is -2.74. The lowest BCUT2D eigenvalue weighted by atomic mass is 10.1. The van der Waals surface area contributed by atoms with Crippen molar-refractivity contribution in [1.29, 1.82) is 0 Å². The number of piperazine rings is 1. The minimum atomic E-state index is -0.535. The fraction of sp³-hybridized carbons (Fsp3) is 0.409. The van der Waals surface area contributed by atoms with Gasteiger partial charge in [0.2, 0.25) is 11.8 Å². The number of hydrogen-bond donors (Lipinski definition) is 0. The normalized spacial score (nSPS) is 19.2. The largest absolute Gasteiger partial charge is 0.337 e. The fourth-order valence-corrected chi connectivity index (χ4v) is 4.83. The first-order chi connectivity index (χ1) is 14.5. The van der Waals surface area contributed by atoms with E-state index in [9.17, 15) is 18.8 Å². The number of amides is 3. The highest BCUT2D eigenvalue weighted by molar-refractivity contribution is 7.10. The number of thiophene rings is 1. The van der Waals surface area contributed by atoms with Gasteiger partial charge in [0.05, 0.1) is 12.0 Å². The molecule has 1 aromatic carbocycles. The van der Waals surface area contributed by atoms with E-state index >= 15 is 0 Å². The summed E-state index contributed by atoms with van der Waals surface area (Å²) in [5.41, 5.74) is 0.0541. The maximum Gasteiger partial charge on any atom is 0.256 e. The quantitative estimate of drug-likeness (QED) is 0.750. The average molecular weight is 430 g/mol. The van der Waals surface area contributed by atoms with Crippen molar-refractivity contribution < 1.29 is 18.8 Å². The van der Waals surface area contributed by atoms with Crippen molar-refractivity contribution in [1.82, 2.24) is 14.7 Å². The number of benzene rings is 1. The molecule has 1 unspecified atom stereocenters. The number of carbonyl (C=O) groups excluding carboxylic acids is 3. The lowest BCUT2D eigenvalue weighted by Crippen LogP contribution is -2.55. The second-order valence-electron chi connectivity index (χ2n) is 7.60. The first-order valence-corrected chi connectivity index (χ1v) is 11.1. The molecule has 8 heteroatoms. The van der Waals surface area contributed by atoms with Crippen LogP contribution in [-0.4, -0.2) is 71.2 Å². The van der Waals surface area contributed by atoms with Crippen LogP contribution < -0.4 is 0 Å². The Morgan fingerprint density at radius 1 is 0.967 bits per heavy atom. The zero-order valence-electron chi connectivity index (χ0n) is 16.6. The third kappa shape index (κ3) is 4.23. The SMILES string of the molecule is O=C(c1ccccc1F)N1CCN(C(=O)C2CCCN2C(=O)Cc2cccs2)CC1. The summed E-state index contributed by atoms with van der Waals surface area (Å²) in [6.07, 6.45) is 1.81. The highest BCUT2D eigenvalue weighted by Gasteiger charge is 2.37. The van der Waals surface area contributed by atoms with Crippen LogP contribution in [0.3, 0.4) is 0 Å². The lowest BCUT2D eigenvalue weighted by Gasteiger charge is -2.37. The maximum atomic E-state index is 13.9. The van der Waals surface area contributed by atoms with Gasteiger partial charge in [-0.25, -0.2) is 4.39 Å². The van der Waals surface area contributed by atoms with Crippen LogP contribution in [0.25, 0.3) is 0 Å². The van der Waals surface area contributed by atoms with E-state index in [1.807, 2.05) is 17.5 Å². The second-order valence-corrected chi connectivity index (χ2v) is 8.63. The van der Waals surface area contributed by atoms with E-state index in [0.29, 0.717) is 45.6 Å². The van der Waals surface area contributed by atoms with Crippen molar-refractivity contribution in [3.63, 3.8) is 0 Å². The van der Waals surface area contributed by atoms with Crippen LogP contribution in [0.1, 0.15) is 28.1 Å². The Labute approximate surface area is 178 Å². The summed E-state index contributed by atoms with van der Waals surface area (Å²) in [5, 5.41) is 1.94. The summed E-state index contributed by atoms with van der Waals surface area (Å²) in [6, 6.07) is 9.36. The molecule has 0 saturated carbocycles. The predicted molar refractivity (Wildman–Crippen MR) is 112 cm³/mol. The molecule has 1 atom stereocenters. The fourth-order valence-electron chi connectivity index (χ4n) is 4.13. The average Bonchev–Trinajstić information content (AvgIpc) is 3.45. The molecular formula is C22H24FN3O3S. The number of hydrogen-bond acceptors (Lipinski definition) is 4. The molecule has 2 aromatic rings. The maximum absolute atomic E-state index is 13.9. The summed E-state index contributed by atoms with van der Waals surface area (Å²) in [4.78, 5) is 44.4. The van der Waals surface area contributed by atoms with Gasteiger partial charge < -0.3 is 14.7 Å². The van der Waals surface area contributed by atoms with Crippen LogP contribution in [0.5, 0.6) is 0 Å². The van der Waals surface area contributed by atoms with Gasteiger partial charge >= 0.3 is 0 Å². The Balaban J connectivity index is 1.35. The molecule has 2 aliphatic rings. The molecule has 2 saturated heterocycles. The van der Waals surface area contributed by atoms with Gasteiger partial charge in [0, 0.05) is 37.6 Å². The number of halogens is 1. The van der Waals surface area contributed by atoms with Crippen molar-refractivity contribution in [2.75, 3.05) is 32.7 Å². The van der Waals surface area contributed by atoms with Crippen molar-refractivity contribution >= 4 is 29.1 Å². The first-order valence-electron chi connectivity index (χ1n) is 10.2. The molecule has 2 aliphatic heterocycles.